The lowest BCUT2D eigenvalue weighted by molar-refractivity contribution is -0.384. The molecule has 0 radical (unpaired) electrons. The molecule has 2 rings (SSSR count). The topological polar surface area (TPSA) is 93.8 Å². The molecule has 0 saturated heterocycles. The number of amides is 1. The molecule has 0 saturated carbocycles. The molecule has 1 amide bonds. The first-order valence-electron chi connectivity index (χ1n) is 6.80. The van der Waals surface area contributed by atoms with Gasteiger partial charge in [-0.05, 0) is 47.5 Å². The van der Waals surface area contributed by atoms with E-state index in [4.69, 9.17) is 4.74 Å². The summed E-state index contributed by atoms with van der Waals surface area (Å²) in [5.74, 6) is 0.435. The molecule has 0 unspecified atom stereocenters. The molecule has 0 atom stereocenters. The highest BCUT2D eigenvalue weighted by atomic mass is 16.6. The second-order valence-electron chi connectivity index (χ2n) is 4.71. The molecule has 2 aromatic carbocycles. The Labute approximate surface area is 132 Å². The summed E-state index contributed by atoms with van der Waals surface area (Å²) in [7, 11) is 0. The monoisotopic (exact) mass is 313 g/mol. The first-order chi connectivity index (χ1) is 11.0. The van der Waals surface area contributed by atoms with Gasteiger partial charge in [0, 0.05) is 19.1 Å². The van der Waals surface area contributed by atoms with Crippen LogP contribution in [0.1, 0.15) is 18.1 Å². The van der Waals surface area contributed by atoms with Gasteiger partial charge in [-0.15, -0.1) is 0 Å². The number of nitro benzene ring substituents is 1. The third-order valence-electron chi connectivity index (χ3n) is 2.87. The first kappa shape index (κ1) is 16.2. The Balaban J connectivity index is 1.89. The van der Waals surface area contributed by atoms with E-state index in [1.54, 1.807) is 36.4 Å². The van der Waals surface area contributed by atoms with E-state index >= 15 is 0 Å². The van der Waals surface area contributed by atoms with Gasteiger partial charge in [0.15, 0.2) is 0 Å². The first-order valence-corrected chi connectivity index (χ1v) is 6.80. The predicted molar refractivity (Wildman–Crippen MR) is 85.3 cm³/mol. The van der Waals surface area contributed by atoms with Crippen molar-refractivity contribution >= 4 is 17.8 Å². The van der Waals surface area contributed by atoms with Gasteiger partial charge in [-0.25, -0.2) is 5.43 Å². The van der Waals surface area contributed by atoms with Crippen molar-refractivity contribution in [2.75, 3.05) is 0 Å². The molecular formula is C16H15N3O4. The van der Waals surface area contributed by atoms with Gasteiger partial charge >= 0.3 is 0 Å². The zero-order valence-electron chi connectivity index (χ0n) is 12.4. The van der Waals surface area contributed by atoms with Gasteiger partial charge in [0.1, 0.15) is 12.4 Å². The van der Waals surface area contributed by atoms with Crippen molar-refractivity contribution in [1.82, 2.24) is 5.43 Å². The third kappa shape index (κ3) is 5.24. The van der Waals surface area contributed by atoms with Gasteiger partial charge in [0.25, 0.3) is 5.69 Å². The number of benzene rings is 2. The summed E-state index contributed by atoms with van der Waals surface area (Å²) in [5.41, 5.74) is 4.03. The van der Waals surface area contributed by atoms with Gasteiger partial charge in [0.05, 0.1) is 11.1 Å². The second-order valence-corrected chi connectivity index (χ2v) is 4.71. The minimum atomic E-state index is -0.439. The Morgan fingerprint density at radius 2 is 1.87 bits per heavy atom. The number of nitro groups is 1. The van der Waals surface area contributed by atoms with Crippen LogP contribution in [0.15, 0.2) is 53.6 Å². The predicted octanol–water partition coefficient (Wildman–Crippen LogP) is 2.64. The van der Waals surface area contributed by atoms with Crippen molar-refractivity contribution in [3.8, 4) is 5.75 Å². The van der Waals surface area contributed by atoms with E-state index < -0.39 is 4.92 Å². The fraction of sp³-hybridized carbons (Fsp3) is 0.125. The summed E-state index contributed by atoms with van der Waals surface area (Å²) < 4.78 is 5.61. The van der Waals surface area contributed by atoms with Crippen LogP contribution in [-0.2, 0) is 11.4 Å². The summed E-state index contributed by atoms with van der Waals surface area (Å²) in [6, 6.07) is 13.4. The van der Waals surface area contributed by atoms with Crippen molar-refractivity contribution in [2.45, 2.75) is 13.5 Å². The summed E-state index contributed by atoms with van der Waals surface area (Å²) in [4.78, 5) is 20.8. The quantitative estimate of drug-likeness (QED) is 0.504. The van der Waals surface area contributed by atoms with E-state index in [9.17, 15) is 14.9 Å². The number of hydrogen-bond acceptors (Lipinski definition) is 5. The number of carbonyl (C=O) groups excluding carboxylic acids is 1. The molecule has 0 fully saturated rings. The molecule has 0 bridgehead atoms. The molecule has 2 aromatic rings. The van der Waals surface area contributed by atoms with Crippen molar-refractivity contribution in [3.05, 3.63) is 69.8 Å². The summed E-state index contributed by atoms with van der Waals surface area (Å²) >= 11 is 0. The van der Waals surface area contributed by atoms with Crippen molar-refractivity contribution in [3.63, 3.8) is 0 Å². The lowest BCUT2D eigenvalue weighted by atomic mass is 10.2. The molecule has 0 aromatic heterocycles. The summed E-state index contributed by atoms with van der Waals surface area (Å²) in [5, 5.41) is 14.3. The Morgan fingerprint density at radius 3 is 2.43 bits per heavy atom. The third-order valence-corrected chi connectivity index (χ3v) is 2.87. The molecule has 0 aliphatic rings. The van der Waals surface area contributed by atoms with Crippen LogP contribution in [0.4, 0.5) is 5.69 Å². The number of nitrogens with one attached hydrogen (secondary N) is 1. The highest BCUT2D eigenvalue weighted by molar-refractivity contribution is 5.81. The Bertz CT molecular complexity index is 709. The Morgan fingerprint density at radius 1 is 1.22 bits per heavy atom. The van der Waals surface area contributed by atoms with Crippen LogP contribution in [0.5, 0.6) is 5.75 Å². The van der Waals surface area contributed by atoms with Crippen LogP contribution >= 0.6 is 0 Å². The molecule has 0 aliphatic carbocycles. The number of rotatable bonds is 6. The SMILES string of the molecule is CC(=O)N/N=C\c1ccc(OCc2ccc([N+](=O)[O-])cc2)cc1. The minimum absolute atomic E-state index is 0.0524. The Hall–Kier alpha value is -3.22. The Kier molecular flexibility index (Phi) is 5.40. The summed E-state index contributed by atoms with van der Waals surface area (Å²) in [6.45, 7) is 1.70. The molecule has 7 heteroatoms. The number of hydrazone groups is 1. The van der Waals surface area contributed by atoms with Gasteiger partial charge in [-0.2, -0.15) is 5.10 Å². The van der Waals surface area contributed by atoms with Crippen molar-refractivity contribution in [1.29, 1.82) is 0 Å². The lowest BCUT2D eigenvalue weighted by Crippen LogP contribution is -2.12. The lowest BCUT2D eigenvalue weighted by Gasteiger charge is -2.06. The maximum Gasteiger partial charge on any atom is 0.269 e. The smallest absolute Gasteiger partial charge is 0.269 e. The van der Waals surface area contributed by atoms with E-state index in [1.165, 1.54) is 25.3 Å². The van der Waals surface area contributed by atoms with Crippen LogP contribution in [0.3, 0.4) is 0 Å². The van der Waals surface area contributed by atoms with E-state index in [-0.39, 0.29) is 11.6 Å². The molecule has 0 heterocycles. The van der Waals surface area contributed by atoms with Crippen LogP contribution in [0.2, 0.25) is 0 Å². The molecule has 0 aliphatic heterocycles. The van der Waals surface area contributed by atoms with E-state index in [0.29, 0.717) is 12.4 Å². The minimum Gasteiger partial charge on any atom is -0.489 e. The fourth-order valence-electron chi connectivity index (χ4n) is 1.73. The number of ether oxygens (including phenoxy) is 1. The van der Waals surface area contributed by atoms with Gasteiger partial charge < -0.3 is 4.74 Å². The van der Waals surface area contributed by atoms with Gasteiger partial charge in [0.2, 0.25) is 5.91 Å². The van der Waals surface area contributed by atoms with E-state index in [2.05, 4.69) is 10.5 Å². The average Bonchev–Trinajstić information content (AvgIpc) is 2.54. The second kappa shape index (κ2) is 7.69. The number of hydrogen-bond donors (Lipinski definition) is 1. The van der Waals surface area contributed by atoms with Crippen molar-refractivity contribution < 1.29 is 14.5 Å². The van der Waals surface area contributed by atoms with Crippen LogP contribution in [0, 0.1) is 10.1 Å². The molecular weight excluding hydrogens is 298 g/mol. The van der Waals surface area contributed by atoms with Crippen LogP contribution in [-0.4, -0.2) is 17.0 Å². The number of nitrogens with zero attached hydrogens (tertiary/aromatic N) is 2. The number of non-ortho nitro benzene ring substituents is 1. The normalized spacial score (nSPS) is 10.5. The van der Waals surface area contributed by atoms with Crippen molar-refractivity contribution in [2.24, 2.45) is 5.10 Å². The average molecular weight is 313 g/mol. The molecule has 7 nitrogen and oxygen atoms in total. The summed E-state index contributed by atoms with van der Waals surface area (Å²) in [6.07, 6.45) is 1.53. The molecule has 118 valence electrons. The van der Waals surface area contributed by atoms with Gasteiger partial charge in [-0.3, -0.25) is 14.9 Å². The fourth-order valence-corrected chi connectivity index (χ4v) is 1.73. The zero-order valence-corrected chi connectivity index (χ0v) is 12.4. The molecule has 0 spiro atoms. The number of carbonyl (C=O) groups is 1. The van der Waals surface area contributed by atoms with Crippen LogP contribution in [0.25, 0.3) is 0 Å². The van der Waals surface area contributed by atoms with Crippen LogP contribution < -0.4 is 10.2 Å². The zero-order chi connectivity index (χ0) is 16.7. The largest absolute Gasteiger partial charge is 0.489 e. The standard InChI is InChI=1S/C16H15N3O4/c1-12(20)18-17-10-13-4-8-16(9-5-13)23-11-14-2-6-15(7-3-14)19(21)22/h2-10H,11H2,1H3,(H,18,20)/b17-10-. The molecule has 1 N–H and O–H groups in total. The maximum atomic E-state index is 10.7. The molecule has 23 heavy (non-hydrogen) atoms. The van der Waals surface area contributed by atoms with E-state index in [0.717, 1.165) is 11.1 Å². The van der Waals surface area contributed by atoms with E-state index in [1.807, 2.05) is 0 Å². The van der Waals surface area contributed by atoms with Gasteiger partial charge in [-0.1, -0.05) is 0 Å². The maximum absolute atomic E-state index is 10.7. The highest BCUT2D eigenvalue weighted by Crippen LogP contribution is 2.16. The highest BCUT2D eigenvalue weighted by Gasteiger charge is 2.04.